The first-order valence-corrected chi connectivity index (χ1v) is 12.5. The second-order valence-electron chi connectivity index (χ2n) is 8.82. The van der Waals surface area contributed by atoms with E-state index < -0.39 is 24.2 Å². The number of hydrogen-bond acceptors (Lipinski definition) is 7. The summed E-state index contributed by atoms with van der Waals surface area (Å²) < 4.78 is 23.0. The molecule has 0 bridgehead atoms. The molecule has 0 saturated carbocycles. The van der Waals surface area contributed by atoms with E-state index in [1.807, 2.05) is 60.7 Å². The van der Waals surface area contributed by atoms with E-state index in [0.717, 1.165) is 24.0 Å². The summed E-state index contributed by atoms with van der Waals surface area (Å²) in [5.41, 5.74) is 2.05. The molecular weight excluding hydrogens is 472 g/mol. The van der Waals surface area contributed by atoms with Crippen LogP contribution in [0, 0.1) is 0 Å². The Kier molecular flexibility index (Phi) is 10.0. The van der Waals surface area contributed by atoms with E-state index in [1.54, 1.807) is 18.3 Å². The summed E-state index contributed by atoms with van der Waals surface area (Å²) in [6, 6.07) is 22.2. The highest BCUT2D eigenvalue weighted by molar-refractivity contribution is 5.82. The molecule has 0 aliphatic carbocycles. The van der Waals surface area contributed by atoms with E-state index >= 15 is 0 Å². The van der Waals surface area contributed by atoms with Gasteiger partial charge < -0.3 is 18.9 Å². The van der Waals surface area contributed by atoms with Crippen molar-refractivity contribution in [3.63, 3.8) is 0 Å². The summed E-state index contributed by atoms with van der Waals surface area (Å²) in [5.74, 6) is -0.161. The van der Waals surface area contributed by atoms with Gasteiger partial charge in [-0.2, -0.15) is 0 Å². The van der Waals surface area contributed by atoms with Crippen molar-refractivity contribution in [3.05, 3.63) is 96.3 Å². The van der Waals surface area contributed by atoms with Crippen molar-refractivity contribution in [2.45, 2.75) is 44.6 Å². The minimum absolute atomic E-state index is 0.169. The number of esters is 1. The number of ether oxygens (including phenoxy) is 4. The van der Waals surface area contributed by atoms with Crippen molar-refractivity contribution in [3.8, 4) is 5.75 Å². The van der Waals surface area contributed by atoms with Gasteiger partial charge in [0.05, 0.1) is 32.6 Å². The van der Waals surface area contributed by atoms with Crippen LogP contribution in [0.25, 0.3) is 0 Å². The van der Waals surface area contributed by atoms with Gasteiger partial charge in [0.25, 0.3) is 0 Å². The molecule has 0 spiro atoms. The van der Waals surface area contributed by atoms with Gasteiger partial charge in [-0.25, -0.2) is 9.59 Å². The van der Waals surface area contributed by atoms with Gasteiger partial charge in [0, 0.05) is 12.7 Å². The van der Waals surface area contributed by atoms with Crippen LogP contribution in [0.5, 0.6) is 5.75 Å². The third-order valence-corrected chi connectivity index (χ3v) is 5.96. The number of amides is 1. The third kappa shape index (κ3) is 8.41. The van der Waals surface area contributed by atoms with Crippen LogP contribution < -0.4 is 4.74 Å². The zero-order valence-electron chi connectivity index (χ0n) is 20.7. The number of pyridine rings is 1. The molecule has 1 amide bonds. The number of likely N-dealkylation sites (tertiary alicyclic amines) is 1. The lowest BCUT2D eigenvalue weighted by Crippen LogP contribution is -2.50. The molecule has 37 heavy (non-hydrogen) atoms. The molecule has 2 heterocycles. The van der Waals surface area contributed by atoms with Crippen molar-refractivity contribution in [2.75, 3.05) is 19.8 Å². The normalized spacial score (nSPS) is 15.4. The minimum atomic E-state index is -0.733. The van der Waals surface area contributed by atoms with E-state index in [9.17, 15) is 9.59 Å². The minimum Gasteiger partial charge on any atom is -0.456 e. The zero-order chi connectivity index (χ0) is 25.7. The number of nitrogens with zero attached hydrogens (tertiary/aromatic N) is 2. The van der Waals surface area contributed by atoms with Gasteiger partial charge in [-0.15, -0.1) is 0 Å². The van der Waals surface area contributed by atoms with Crippen molar-refractivity contribution in [1.29, 1.82) is 0 Å². The van der Waals surface area contributed by atoms with Crippen molar-refractivity contribution < 1.29 is 28.5 Å². The molecule has 1 fully saturated rings. The van der Waals surface area contributed by atoms with Crippen LogP contribution in [0.4, 0.5) is 4.79 Å². The standard InChI is InChI=1S/C29H32N2O6/c32-28(27-15-7-8-17-31(27)29(33)37-25-14-9-16-30-18-25)36-26(21-34-19-23-10-3-1-4-11-23)22-35-20-24-12-5-2-6-13-24/h1-6,9-14,16,18,26-27H,7-8,15,17,19-22H2/t27-/m0/s1. The molecule has 2 aromatic carbocycles. The molecule has 1 aliphatic rings. The molecule has 0 N–H and O–H groups in total. The maximum atomic E-state index is 13.2. The lowest BCUT2D eigenvalue weighted by Gasteiger charge is -2.34. The summed E-state index contributed by atoms with van der Waals surface area (Å²) >= 11 is 0. The Labute approximate surface area is 217 Å². The Hall–Kier alpha value is -3.75. The Morgan fingerprint density at radius 3 is 2.11 bits per heavy atom. The lowest BCUT2D eigenvalue weighted by atomic mass is 10.0. The average Bonchev–Trinajstić information content (AvgIpc) is 2.94. The van der Waals surface area contributed by atoms with Crippen LogP contribution in [-0.4, -0.2) is 53.9 Å². The predicted octanol–water partition coefficient (Wildman–Crippen LogP) is 4.78. The van der Waals surface area contributed by atoms with Gasteiger partial charge in [0.1, 0.15) is 12.1 Å². The highest BCUT2D eigenvalue weighted by Gasteiger charge is 2.36. The predicted molar refractivity (Wildman–Crippen MR) is 137 cm³/mol. The van der Waals surface area contributed by atoms with Crippen LogP contribution in [0.1, 0.15) is 30.4 Å². The third-order valence-electron chi connectivity index (χ3n) is 5.96. The first kappa shape index (κ1) is 26.3. The summed E-state index contributed by atoms with van der Waals surface area (Å²) in [4.78, 5) is 31.5. The van der Waals surface area contributed by atoms with Crippen LogP contribution in [-0.2, 0) is 32.2 Å². The lowest BCUT2D eigenvalue weighted by molar-refractivity contribution is -0.163. The van der Waals surface area contributed by atoms with Gasteiger partial charge in [0.15, 0.2) is 5.75 Å². The van der Waals surface area contributed by atoms with E-state index in [4.69, 9.17) is 18.9 Å². The summed E-state index contributed by atoms with van der Waals surface area (Å²) in [6.45, 7) is 1.53. The zero-order valence-corrected chi connectivity index (χ0v) is 20.7. The second kappa shape index (κ2) is 14.1. The van der Waals surface area contributed by atoms with E-state index in [2.05, 4.69) is 4.98 Å². The summed E-state index contributed by atoms with van der Waals surface area (Å²) in [5, 5.41) is 0. The van der Waals surface area contributed by atoms with Crippen LogP contribution in [0.3, 0.4) is 0 Å². The topological polar surface area (TPSA) is 87.2 Å². The van der Waals surface area contributed by atoms with Crippen molar-refractivity contribution >= 4 is 12.1 Å². The Morgan fingerprint density at radius 1 is 0.865 bits per heavy atom. The highest BCUT2D eigenvalue weighted by Crippen LogP contribution is 2.21. The van der Waals surface area contributed by atoms with E-state index in [-0.39, 0.29) is 13.2 Å². The quantitative estimate of drug-likeness (QED) is 0.347. The fourth-order valence-corrected chi connectivity index (χ4v) is 4.09. The molecule has 0 unspecified atom stereocenters. The molecule has 8 nitrogen and oxygen atoms in total. The molecule has 194 valence electrons. The number of hydrogen-bond donors (Lipinski definition) is 0. The van der Waals surface area contributed by atoms with Crippen molar-refractivity contribution in [2.24, 2.45) is 0 Å². The number of carbonyl (C=O) groups is 2. The Morgan fingerprint density at radius 2 is 1.51 bits per heavy atom. The molecule has 8 heteroatoms. The number of aromatic nitrogens is 1. The van der Waals surface area contributed by atoms with Gasteiger partial charge in [-0.3, -0.25) is 9.88 Å². The smallest absolute Gasteiger partial charge is 0.416 e. The first-order valence-electron chi connectivity index (χ1n) is 12.5. The molecule has 1 atom stereocenters. The van der Waals surface area contributed by atoms with Gasteiger partial charge in [-0.1, -0.05) is 60.7 Å². The monoisotopic (exact) mass is 504 g/mol. The highest BCUT2D eigenvalue weighted by atomic mass is 16.6. The van der Waals surface area contributed by atoms with Gasteiger partial charge >= 0.3 is 12.1 Å². The van der Waals surface area contributed by atoms with Gasteiger partial charge in [0.2, 0.25) is 0 Å². The fraction of sp³-hybridized carbons (Fsp3) is 0.345. The molecule has 1 saturated heterocycles. The van der Waals surface area contributed by atoms with Crippen LogP contribution in [0.2, 0.25) is 0 Å². The molecule has 1 aromatic heterocycles. The van der Waals surface area contributed by atoms with Crippen LogP contribution >= 0.6 is 0 Å². The molecular formula is C29H32N2O6. The van der Waals surface area contributed by atoms with E-state index in [0.29, 0.717) is 31.9 Å². The second-order valence-corrected chi connectivity index (χ2v) is 8.82. The largest absolute Gasteiger partial charge is 0.456 e. The maximum Gasteiger partial charge on any atom is 0.416 e. The number of benzene rings is 2. The van der Waals surface area contributed by atoms with Crippen LogP contribution in [0.15, 0.2) is 85.2 Å². The SMILES string of the molecule is O=C(OC(COCc1ccccc1)COCc1ccccc1)[C@@H]1CCCCN1C(=O)Oc1cccnc1. The van der Waals surface area contributed by atoms with E-state index in [1.165, 1.54) is 11.1 Å². The number of carbonyl (C=O) groups excluding carboxylic acids is 2. The summed E-state index contributed by atoms with van der Waals surface area (Å²) in [7, 11) is 0. The number of rotatable bonds is 11. The molecule has 0 radical (unpaired) electrons. The average molecular weight is 505 g/mol. The summed E-state index contributed by atoms with van der Waals surface area (Å²) in [6.07, 6.45) is 3.94. The Bertz CT molecular complexity index is 1050. The fourth-order valence-electron chi connectivity index (χ4n) is 4.09. The number of piperidine rings is 1. The molecule has 1 aliphatic heterocycles. The maximum absolute atomic E-state index is 13.2. The molecule has 3 aromatic rings. The van der Waals surface area contributed by atoms with Gasteiger partial charge in [-0.05, 0) is 42.5 Å². The Balaban J connectivity index is 1.36. The van der Waals surface area contributed by atoms with Crippen molar-refractivity contribution in [1.82, 2.24) is 9.88 Å². The molecule has 4 rings (SSSR count). The first-order chi connectivity index (χ1) is 18.2.